The molecule has 5 nitrogen and oxygen atoms in total. The zero-order valence-electron chi connectivity index (χ0n) is 15.2. The Hall–Kier alpha value is -0.913. The third-order valence-electron chi connectivity index (χ3n) is 3.72. The van der Waals surface area contributed by atoms with Crippen LogP contribution in [0.25, 0.3) is 0 Å². The Morgan fingerprint density at radius 1 is 1.17 bits per heavy atom. The molecule has 0 aromatic heterocycles. The minimum absolute atomic E-state index is 0.101. The lowest BCUT2D eigenvalue weighted by molar-refractivity contribution is -0.184. The maximum atomic E-state index is 12.9. The molecule has 1 aliphatic heterocycles. The van der Waals surface area contributed by atoms with E-state index in [2.05, 4.69) is 19.6 Å². The maximum Gasteiger partial charge on any atom is 0.394 e. The van der Waals surface area contributed by atoms with Gasteiger partial charge in [0.1, 0.15) is 0 Å². The van der Waals surface area contributed by atoms with Gasteiger partial charge in [0.05, 0.1) is 0 Å². The maximum absolute atomic E-state index is 12.9. The lowest BCUT2D eigenvalue weighted by Gasteiger charge is -2.44. The van der Waals surface area contributed by atoms with Crippen LogP contribution in [0.1, 0.15) is 18.9 Å². The van der Waals surface area contributed by atoms with Crippen molar-refractivity contribution in [3.63, 3.8) is 0 Å². The second-order valence-electron chi connectivity index (χ2n) is 6.98. The fraction of sp³-hybridized carbons (Fsp3) is 0.529. The molecule has 1 aromatic rings. The molecule has 2 rings (SSSR count). The highest BCUT2D eigenvalue weighted by Gasteiger charge is 2.48. The molecule has 7 heteroatoms. The van der Waals surface area contributed by atoms with Crippen molar-refractivity contribution in [1.29, 1.82) is 0 Å². The van der Waals surface area contributed by atoms with Crippen LogP contribution in [-0.4, -0.2) is 22.5 Å². The van der Waals surface area contributed by atoms with Crippen molar-refractivity contribution in [2.24, 2.45) is 5.92 Å². The summed E-state index contributed by atoms with van der Waals surface area (Å²) in [6.07, 6.45) is 2.45. The molecule has 0 N–H and O–H groups in total. The zero-order chi connectivity index (χ0) is 18.0. The van der Waals surface area contributed by atoms with Crippen LogP contribution in [-0.2, 0) is 28.6 Å². The van der Waals surface area contributed by atoms with Gasteiger partial charge < -0.3 is 18.2 Å². The van der Waals surface area contributed by atoms with Gasteiger partial charge >= 0.3 is 7.60 Å². The van der Waals surface area contributed by atoms with Crippen molar-refractivity contribution in [2.45, 2.75) is 38.8 Å². The molecule has 0 aliphatic carbocycles. The van der Waals surface area contributed by atoms with Crippen molar-refractivity contribution in [1.82, 2.24) is 0 Å². The summed E-state index contributed by atoms with van der Waals surface area (Å²) in [6.45, 7) is 8.37. The van der Waals surface area contributed by atoms with Crippen LogP contribution in [0.4, 0.5) is 0 Å². The van der Waals surface area contributed by atoms with Gasteiger partial charge in [-0.25, -0.2) is 0 Å². The van der Waals surface area contributed by atoms with Crippen LogP contribution in [0.15, 0.2) is 41.9 Å². The first-order valence-electron chi connectivity index (χ1n) is 8.03. The molecule has 134 valence electrons. The van der Waals surface area contributed by atoms with E-state index in [4.69, 9.17) is 18.2 Å². The monoisotopic (exact) mass is 370 g/mol. The molecule has 0 unspecified atom stereocenters. The Balaban J connectivity index is 2.53. The van der Waals surface area contributed by atoms with Crippen molar-refractivity contribution in [3.05, 3.63) is 47.5 Å². The summed E-state index contributed by atoms with van der Waals surface area (Å²) in [7, 11) is -2.73. The van der Waals surface area contributed by atoms with Crippen LogP contribution >= 0.6 is 7.60 Å². The van der Waals surface area contributed by atoms with E-state index in [-0.39, 0.29) is 11.4 Å². The van der Waals surface area contributed by atoms with Gasteiger partial charge in [-0.05, 0) is 31.6 Å². The molecule has 0 bridgehead atoms. The summed E-state index contributed by atoms with van der Waals surface area (Å²) < 4.78 is 35.8. The standard InChI is InChI=1S/C17H27O5PSi/c1-14-12-16(23(18,19-2)20-3)21-17(13-14,22-24(4,5)6)15-10-8-7-9-11-15/h7-12,14H,13H2,1-6H3/t14-,17-/m1/s1. The Morgan fingerprint density at radius 3 is 2.25 bits per heavy atom. The smallest absolute Gasteiger partial charge is 0.394 e. The number of hydrogen-bond donors (Lipinski definition) is 0. The summed E-state index contributed by atoms with van der Waals surface area (Å²) in [6, 6.07) is 9.79. The highest BCUT2D eigenvalue weighted by atomic mass is 31.2. The lowest BCUT2D eigenvalue weighted by Crippen LogP contribution is -2.45. The Bertz CT molecular complexity index is 632. The molecule has 1 heterocycles. The first-order chi connectivity index (χ1) is 11.1. The van der Waals surface area contributed by atoms with Gasteiger partial charge in [-0.3, -0.25) is 4.57 Å². The number of allylic oxidation sites excluding steroid dienone is 1. The SMILES string of the molecule is COP(=O)(OC)C1=C[C@@H](C)C[C@@](O[Si](C)(C)C)(c2ccccc2)O1. The second-order valence-corrected chi connectivity index (χ2v) is 13.6. The van der Waals surface area contributed by atoms with Crippen molar-refractivity contribution in [3.8, 4) is 0 Å². The van der Waals surface area contributed by atoms with Crippen LogP contribution in [0, 0.1) is 5.92 Å². The highest BCUT2D eigenvalue weighted by molar-refractivity contribution is 7.58. The summed E-state index contributed by atoms with van der Waals surface area (Å²) in [5.41, 5.74) is 1.12. The van der Waals surface area contributed by atoms with E-state index in [1.54, 1.807) is 0 Å². The lowest BCUT2D eigenvalue weighted by atomic mass is 9.93. The fourth-order valence-electron chi connectivity index (χ4n) is 2.86. The van der Waals surface area contributed by atoms with Gasteiger partial charge in [0.2, 0.25) is 11.3 Å². The molecular formula is C17H27O5PSi. The van der Waals surface area contributed by atoms with E-state index in [1.807, 2.05) is 43.3 Å². The average molecular weight is 370 g/mol. The molecule has 0 saturated carbocycles. The van der Waals surface area contributed by atoms with E-state index in [0.29, 0.717) is 6.42 Å². The topological polar surface area (TPSA) is 54.0 Å². The summed E-state index contributed by atoms with van der Waals surface area (Å²) in [4.78, 5) is 0. The normalized spacial score (nSPS) is 25.1. The Labute approximate surface area is 145 Å². The van der Waals surface area contributed by atoms with Gasteiger partial charge in [-0.2, -0.15) is 0 Å². The Kier molecular flexibility index (Phi) is 5.78. The average Bonchev–Trinajstić information content (AvgIpc) is 2.52. The summed E-state index contributed by atoms with van der Waals surface area (Å²) in [5.74, 6) is -0.883. The molecule has 24 heavy (non-hydrogen) atoms. The third-order valence-corrected chi connectivity index (χ3v) is 6.41. The first kappa shape index (κ1) is 19.4. The van der Waals surface area contributed by atoms with Gasteiger partial charge in [0.15, 0.2) is 8.32 Å². The molecule has 0 fully saturated rings. The Morgan fingerprint density at radius 2 is 1.75 bits per heavy atom. The highest BCUT2D eigenvalue weighted by Crippen LogP contribution is 2.60. The van der Waals surface area contributed by atoms with Crippen LogP contribution in [0.5, 0.6) is 0 Å². The molecule has 1 aromatic carbocycles. The second kappa shape index (κ2) is 7.14. The molecule has 2 atom stereocenters. The largest absolute Gasteiger partial charge is 0.451 e. The summed E-state index contributed by atoms with van der Waals surface area (Å²) >= 11 is 0. The molecule has 0 saturated heterocycles. The molecular weight excluding hydrogens is 343 g/mol. The van der Waals surface area contributed by atoms with E-state index in [1.165, 1.54) is 14.2 Å². The predicted octanol–water partition coefficient (Wildman–Crippen LogP) is 5.07. The van der Waals surface area contributed by atoms with Gasteiger partial charge in [0, 0.05) is 26.2 Å². The van der Waals surface area contributed by atoms with Gasteiger partial charge in [-0.1, -0.05) is 37.3 Å². The zero-order valence-corrected chi connectivity index (χ0v) is 17.1. The fourth-order valence-corrected chi connectivity index (χ4v) is 5.29. The first-order valence-corrected chi connectivity index (χ1v) is 13.0. The van der Waals surface area contributed by atoms with E-state index >= 15 is 0 Å². The van der Waals surface area contributed by atoms with Crippen LogP contribution in [0.2, 0.25) is 19.6 Å². The van der Waals surface area contributed by atoms with Gasteiger partial charge in [0.25, 0.3) is 0 Å². The van der Waals surface area contributed by atoms with Crippen LogP contribution < -0.4 is 0 Å². The minimum Gasteiger partial charge on any atom is -0.451 e. The van der Waals surface area contributed by atoms with Crippen LogP contribution in [0.3, 0.4) is 0 Å². The number of benzene rings is 1. The predicted molar refractivity (Wildman–Crippen MR) is 97.1 cm³/mol. The molecule has 0 spiro atoms. The van der Waals surface area contributed by atoms with Crippen molar-refractivity contribution in [2.75, 3.05) is 14.2 Å². The number of hydrogen-bond acceptors (Lipinski definition) is 5. The van der Waals surface area contributed by atoms with E-state index in [0.717, 1.165) is 5.56 Å². The molecule has 0 radical (unpaired) electrons. The van der Waals surface area contributed by atoms with Crippen molar-refractivity contribution < 1.29 is 22.8 Å². The molecule has 0 amide bonds. The summed E-state index contributed by atoms with van der Waals surface area (Å²) in [5, 5.41) is 0. The van der Waals surface area contributed by atoms with E-state index in [9.17, 15) is 4.57 Å². The molecule has 1 aliphatic rings. The quantitative estimate of drug-likeness (QED) is 0.517. The van der Waals surface area contributed by atoms with Gasteiger partial charge in [-0.15, -0.1) is 0 Å². The van der Waals surface area contributed by atoms with E-state index < -0.39 is 21.7 Å². The third kappa shape index (κ3) is 4.19. The number of ether oxygens (including phenoxy) is 1. The number of rotatable bonds is 6. The van der Waals surface area contributed by atoms with Crippen molar-refractivity contribution >= 4 is 15.9 Å². The minimum atomic E-state index is -3.49.